The van der Waals surface area contributed by atoms with E-state index in [9.17, 15) is 4.79 Å². The maximum atomic E-state index is 12.8. The highest BCUT2D eigenvalue weighted by Gasteiger charge is 2.26. The normalized spacial score (nSPS) is 15.1. The van der Waals surface area contributed by atoms with Crippen LogP contribution in [0.15, 0.2) is 77.3 Å². The zero-order valence-corrected chi connectivity index (χ0v) is 20.3. The third-order valence-electron chi connectivity index (χ3n) is 6.36. The van der Waals surface area contributed by atoms with Crippen molar-refractivity contribution in [1.29, 1.82) is 0 Å². The van der Waals surface area contributed by atoms with Gasteiger partial charge in [-0.05, 0) is 81.4 Å². The molecule has 1 aliphatic heterocycles. The van der Waals surface area contributed by atoms with E-state index >= 15 is 0 Å². The van der Waals surface area contributed by atoms with E-state index in [0.717, 1.165) is 65.2 Å². The molecule has 0 aliphatic carbocycles. The number of anilines is 1. The quantitative estimate of drug-likeness (QED) is 0.366. The highest BCUT2D eigenvalue weighted by molar-refractivity contribution is 9.10. The minimum absolute atomic E-state index is 0.0489. The number of nitrogens with one attached hydrogen (secondary N) is 1. The fourth-order valence-electron chi connectivity index (χ4n) is 4.49. The topological polar surface area (TPSA) is 50.2 Å². The Balaban J connectivity index is 1.28. The summed E-state index contributed by atoms with van der Waals surface area (Å²) in [5, 5.41) is 3.08. The maximum Gasteiger partial charge on any atom is 0.227 e. The molecule has 1 saturated heterocycles. The molecular formula is C27H27BrN4O. The first kappa shape index (κ1) is 21.9. The van der Waals surface area contributed by atoms with Gasteiger partial charge in [0.15, 0.2) is 0 Å². The average Bonchev–Trinajstić information content (AvgIpc) is 3.19. The zero-order valence-electron chi connectivity index (χ0n) is 18.7. The average molecular weight is 503 g/mol. The molecule has 5 rings (SSSR count). The maximum absolute atomic E-state index is 12.8. The molecule has 6 heteroatoms. The van der Waals surface area contributed by atoms with E-state index in [-0.39, 0.29) is 11.8 Å². The summed E-state index contributed by atoms with van der Waals surface area (Å²) >= 11 is 3.53. The van der Waals surface area contributed by atoms with E-state index in [4.69, 9.17) is 4.98 Å². The standard InChI is InChI=1S/C27H27BrN4O/c1-19-6-10-22(11-7-19)29-27(33)20-14-16-31(17-15-20)18-26-30-24-4-2-3-5-25(24)32(26)23-12-8-21(28)9-13-23/h2-13,20H,14-18H2,1H3,(H,29,33). The first-order chi connectivity index (χ1) is 16.1. The van der Waals surface area contributed by atoms with E-state index < -0.39 is 0 Å². The van der Waals surface area contributed by atoms with Crippen LogP contribution in [0.4, 0.5) is 5.69 Å². The van der Waals surface area contributed by atoms with Crippen LogP contribution in [0.5, 0.6) is 0 Å². The molecule has 4 aromatic rings. The lowest BCUT2D eigenvalue weighted by molar-refractivity contribution is -0.121. The van der Waals surface area contributed by atoms with Gasteiger partial charge in [-0.25, -0.2) is 4.98 Å². The first-order valence-corrected chi connectivity index (χ1v) is 12.2. The van der Waals surface area contributed by atoms with E-state index in [2.05, 4.69) is 73.2 Å². The van der Waals surface area contributed by atoms with Crippen LogP contribution >= 0.6 is 15.9 Å². The van der Waals surface area contributed by atoms with Gasteiger partial charge in [0.25, 0.3) is 0 Å². The van der Waals surface area contributed by atoms with Crippen molar-refractivity contribution in [3.8, 4) is 5.69 Å². The number of rotatable bonds is 5. The summed E-state index contributed by atoms with van der Waals surface area (Å²) in [4.78, 5) is 20.1. The second-order valence-electron chi connectivity index (χ2n) is 8.73. The van der Waals surface area contributed by atoms with Crippen LogP contribution in [-0.4, -0.2) is 33.4 Å². The molecule has 1 fully saturated rings. The van der Waals surface area contributed by atoms with Gasteiger partial charge in [-0.3, -0.25) is 14.3 Å². The van der Waals surface area contributed by atoms with Gasteiger partial charge in [-0.15, -0.1) is 0 Å². The van der Waals surface area contributed by atoms with Crippen molar-refractivity contribution in [2.45, 2.75) is 26.3 Å². The Hall–Kier alpha value is -2.96. The van der Waals surface area contributed by atoms with E-state index in [1.807, 2.05) is 37.3 Å². The van der Waals surface area contributed by atoms with Gasteiger partial charge in [-0.1, -0.05) is 45.8 Å². The fraction of sp³-hybridized carbons (Fsp3) is 0.259. The molecule has 0 unspecified atom stereocenters. The van der Waals surface area contributed by atoms with Crippen molar-refractivity contribution in [2.24, 2.45) is 5.92 Å². The van der Waals surface area contributed by atoms with Crippen molar-refractivity contribution in [1.82, 2.24) is 14.5 Å². The minimum atomic E-state index is 0.0489. The molecule has 168 valence electrons. The van der Waals surface area contributed by atoms with Crippen molar-refractivity contribution >= 4 is 38.6 Å². The number of likely N-dealkylation sites (tertiary alicyclic amines) is 1. The summed E-state index contributed by atoms with van der Waals surface area (Å²) in [6.45, 7) is 4.58. The zero-order chi connectivity index (χ0) is 22.8. The molecule has 33 heavy (non-hydrogen) atoms. The Morgan fingerprint density at radius 1 is 1.00 bits per heavy atom. The molecule has 1 amide bonds. The molecule has 5 nitrogen and oxygen atoms in total. The summed E-state index contributed by atoms with van der Waals surface area (Å²) in [6.07, 6.45) is 1.71. The molecule has 0 radical (unpaired) electrons. The van der Waals surface area contributed by atoms with Crippen LogP contribution in [0, 0.1) is 12.8 Å². The van der Waals surface area contributed by atoms with Crippen LogP contribution in [0.2, 0.25) is 0 Å². The Morgan fingerprint density at radius 2 is 1.70 bits per heavy atom. The number of benzene rings is 3. The van der Waals surface area contributed by atoms with Crippen LogP contribution in [-0.2, 0) is 11.3 Å². The van der Waals surface area contributed by atoms with E-state index in [1.165, 1.54) is 5.56 Å². The molecule has 0 bridgehead atoms. The molecule has 3 aromatic carbocycles. The lowest BCUT2D eigenvalue weighted by Crippen LogP contribution is -2.38. The summed E-state index contributed by atoms with van der Waals surface area (Å²) in [5.74, 6) is 1.20. The summed E-state index contributed by atoms with van der Waals surface area (Å²) in [6, 6.07) is 24.6. The fourth-order valence-corrected chi connectivity index (χ4v) is 4.76. The Labute approximate surface area is 202 Å². The molecule has 1 aromatic heterocycles. The number of fused-ring (bicyclic) bond motifs is 1. The number of hydrogen-bond acceptors (Lipinski definition) is 3. The molecule has 1 N–H and O–H groups in total. The molecule has 0 atom stereocenters. The number of para-hydroxylation sites is 2. The van der Waals surface area contributed by atoms with Gasteiger partial charge >= 0.3 is 0 Å². The predicted molar refractivity (Wildman–Crippen MR) is 137 cm³/mol. The number of hydrogen-bond donors (Lipinski definition) is 1. The first-order valence-electron chi connectivity index (χ1n) is 11.4. The van der Waals surface area contributed by atoms with Crippen LogP contribution in [0.1, 0.15) is 24.2 Å². The molecular weight excluding hydrogens is 476 g/mol. The van der Waals surface area contributed by atoms with Gasteiger partial charge in [0.2, 0.25) is 5.91 Å². The monoisotopic (exact) mass is 502 g/mol. The van der Waals surface area contributed by atoms with Gasteiger partial charge < -0.3 is 5.32 Å². The third kappa shape index (κ3) is 4.87. The second-order valence-corrected chi connectivity index (χ2v) is 9.65. The van der Waals surface area contributed by atoms with Crippen molar-refractivity contribution in [3.63, 3.8) is 0 Å². The van der Waals surface area contributed by atoms with Gasteiger partial charge in [-0.2, -0.15) is 0 Å². The van der Waals surface area contributed by atoms with Crippen LogP contribution in [0.3, 0.4) is 0 Å². The molecule has 2 heterocycles. The number of imidazole rings is 1. The largest absolute Gasteiger partial charge is 0.326 e. The van der Waals surface area contributed by atoms with Crippen molar-refractivity contribution in [2.75, 3.05) is 18.4 Å². The summed E-state index contributed by atoms with van der Waals surface area (Å²) in [5.41, 5.74) is 5.28. The predicted octanol–water partition coefficient (Wildman–Crippen LogP) is 5.95. The van der Waals surface area contributed by atoms with Gasteiger partial charge in [0, 0.05) is 21.8 Å². The highest BCUT2D eigenvalue weighted by Crippen LogP contribution is 2.26. The van der Waals surface area contributed by atoms with Crippen LogP contribution < -0.4 is 5.32 Å². The highest BCUT2D eigenvalue weighted by atomic mass is 79.9. The number of nitrogens with zero attached hydrogens (tertiary/aromatic N) is 3. The summed E-state index contributed by atoms with van der Waals surface area (Å²) < 4.78 is 3.31. The Morgan fingerprint density at radius 3 is 2.42 bits per heavy atom. The van der Waals surface area contributed by atoms with Gasteiger partial charge in [0.1, 0.15) is 5.82 Å². The molecule has 0 spiro atoms. The number of aromatic nitrogens is 2. The lowest BCUT2D eigenvalue weighted by atomic mass is 9.95. The molecule has 0 saturated carbocycles. The summed E-state index contributed by atoms with van der Waals surface area (Å²) in [7, 11) is 0. The number of carbonyl (C=O) groups excluding carboxylic acids is 1. The van der Waals surface area contributed by atoms with Crippen molar-refractivity contribution < 1.29 is 4.79 Å². The Bertz CT molecular complexity index is 1260. The van der Waals surface area contributed by atoms with Crippen LogP contribution in [0.25, 0.3) is 16.7 Å². The van der Waals surface area contributed by atoms with Gasteiger partial charge in [0.05, 0.1) is 17.6 Å². The smallest absolute Gasteiger partial charge is 0.227 e. The number of aryl methyl sites for hydroxylation is 1. The number of halogens is 1. The molecule has 1 aliphatic rings. The third-order valence-corrected chi connectivity index (χ3v) is 6.89. The number of piperidine rings is 1. The lowest BCUT2D eigenvalue weighted by Gasteiger charge is -2.31. The Kier molecular flexibility index (Phi) is 6.29. The minimum Gasteiger partial charge on any atom is -0.326 e. The van der Waals surface area contributed by atoms with E-state index in [1.54, 1.807) is 0 Å². The van der Waals surface area contributed by atoms with E-state index in [0.29, 0.717) is 0 Å². The number of carbonyl (C=O) groups is 1. The number of amides is 1. The SMILES string of the molecule is Cc1ccc(NC(=O)C2CCN(Cc3nc4ccccc4n3-c3ccc(Br)cc3)CC2)cc1. The second kappa shape index (κ2) is 9.49. The van der Waals surface area contributed by atoms with Crippen molar-refractivity contribution in [3.05, 3.63) is 88.7 Å².